The number of rotatable bonds is 3. The molecule has 0 bridgehead atoms. The van der Waals surface area contributed by atoms with Gasteiger partial charge < -0.3 is 0 Å². The second kappa shape index (κ2) is 4.99. The quantitative estimate of drug-likeness (QED) is 0.694. The first-order valence-electron chi connectivity index (χ1n) is 6.37. The van der Waals surface area contributed by atoms with Gasteiger partial charge in [0.2, 0.25) is 0 Å². The van der Waals surface area contributed by atoms with E-state index >= 15 is 0 Å². The Kier molecular flexibility index (Phi) is 3.63. The van der Waals surface area contributed by atoms with E-state index in [1.807, 2.05) is 12.1 Å². The predicted octanol–water partition coefficient (Wildman–Crippen LogP) is 4.64. The Morgan fingerprint density at radius 2 is 1.75 bits per heavy atom. The maximum atomic E-state index is 13.0. The summed E-state index contributed by atoms with van der Waals surface area (Å²) in [7, 11) is 0. The molecule has 1 aliphatic carbocycles. The Labute approximate surface area is 97.9 Å². The highest BCUT2D eigenvalue weighted by Gasteiger charge is 2.32. The molecule has 0 atom stereocenters. The summed E-state index contributed by atoms with van der Waals surface area (Å²) in [6.45, 7) is 2.19. The van der Waals surface area contributed by atoms with Gasteiger partial charge in [-0.25, -0.2) is 4.39 Å². The standard InChI is InChI=1S/C15H20F/c1-2-10-15(11-4-3-5-12-15)13-6-8-14(16)9-7-13/h6-10H,2-5,11-12H2,1H3. The van der Waals surface area contributed by atoms with Crippen molar-refractivity contribution in [3.05, 3.63) is 42.1 Å². The van der Waals surface area contributed by atoms with Gasteiger partial charge in [0.15, 0.2) is 0 Å². The third-order valence-electron chi connectivity index (χ3n) is 3.76. The summed E-state index contributed by atoms with van der Waals surface area (Å²) in [6, 6.07) is 7.12. The van der Waals surface area contributed by atoms with Crippen molar-refractivity contribution in [1.82, 2.24) is 0 Å². The minimum atomic E-state index is -0.133. The van der Waals surface area contributed by atoms with Gasteiger partial charge in [-0.3, -0.25) is 0 Å². The van der Waals surface area contributed by atoms with E-state index < -0.39 is 0 Å². The second-order valence-corrected chi connectivity index (χ2v) is 4.84. The molecule has 87 valence electrons. The molecule has 1 fully saturated rings. The molecular weight excluding hydrogens is 199 g/mol. The lowest BCUT2D eigenvalue weighted by Gasteiger charge is -2.37. The van der Waals surface area contributed by atoms with Crippen molar-refractivity contribution < 1.29 is 4.39 Å². The third kappa shape index (κ3) is 2.28. The molecule has 1 aromatic rings. The van der Waals surface area contributed by atoms with Crippen LogP contribution < -0.4 is 0 Å². The average Bonchev–Trinajstić information content (AvgIpc) is 2.31. The van der Waals surface area contributed by atoms with Crippen LogP contribution in [0.15, 0.2) is 24.3 Å². The van der Waals surface area contributed by atoms with E-state index in [0.29, 0.717) is 0 Å². The summed E-state index contributed by atoms with van der Waals surface area (Å²) in [5.74, 6) is -0.133. The van der Waals surface area contributed by atoms with Gasteiger partial charge in [-0.05, 0) is 42.4 Å². The first kappa shape index (κ1) is 11.6. The fraction of sp³-hybridized carbons (Fsp3) is 0.533. The van der Waals surface area contributed by atoms with Gasteiger partial charge >= 0.3 is 0 Å². The van der Waals surface area contributed by atoms with E-state index in [1.54, 1.807) is 12.1 Å². The van der Waals surface area contributed by atoms with Crippen LogP contribution in [-0.2, 0) is 5.41 Å². The van der Waals surface area contributed by atoms with Crippen molar-refractivity contribution in [2.75, 3.05) is 0 Å². The van der Waals surface area contributed by atoms with Crippen molar-refractivity contribution in [3.8, 4) is 0 Å². The highest BCUT2D eigenvalue weighted by Crippen LogP contribution is 2.42. The number of benzene rings is 1. The zero-order valence-corrected chi connectivity index (χ0v) is 10.0. The summed E-state index contributed by atoms with van der Waals surface area (Å²) < 4.78 is 13.0. The third-order valence-corrected chi connectivity index (χ3v) is 3.76. The molecule has 0 aliphatic heterocycles. The fourth-order valence-corrected chi connectivity index (χ4v) is 2.97. The summed E-state index contributed by atoms with van der Waals surface area (Å²) in [5.41, 5.74) is 1.52. The summed E-state index contributed by atoms with van der Waals surface area (Å²) in [4.78, 5) is 0. The van der Waals surface area contributed by atoms with Crippen molar-refractivity contribution in [2.24, 2.45) is 0 Å². The summed E-state index contributed by atoms with van der Waals surface area (Å²) in [6.07, 6.45) is 9.93. The zero-order chi connectivity index (χ0) is 11.4. The van der Waals surface area contributed by atoms with Crippen LogP contribution in [0.5, 0.6) is 0 Å². The van der Waals surface area contributed by atoms with Gasteiger partial charge in [0.25, 0.3) is 0 Å². The number of hydrogen-bond acceptors (Lipinski definition) is 0. The van der Waals surface area contributed by atoms with E-state index in [1.165, 1.54) is 37.7 Å². The van der Waals surface area contributed by atoms with Crippen molar-refractivity contribution in [3.63, 3.8) is 0 Å². The van der Waals surface area contributed by atoms with E-state index in [4.69, 9.17) is 0 Å². The first-order valence-corrected chi connectivity index (χ1v) is 6.37. The monoisotopic (exact) mass is 219 g/mol. The van der Waals surface area contributed by atoms with Crippen LogP contribution in [0.2, 0.25) is 0 Å². The van der Waals surface area contributed by atoms with Crippen LogP contribution in [0.25, 0.3) is 0 Å². The fourth-order valence-electron chi connectivity index (χ4n) is 2.97. The van der Waals surface area contributed by atoms with Crippen LogP contribution in [-0.4, -0.2) is 0 Å². The molecule has 0 spiro atoms. The molecule has 2 rings (SSSR count). The number of hydrogen-bond donors (Lipinski definition) is 0. The second-order valence-electron chi connectivity index (χ2n) is 4.84. The molecule has 1 heteroatoms. The predicted molar refractivity (Wildman–Crippen MR) is 65.8 cm³/mol. The van der Waals surface area contributed by atoms with Gasteiger partial charge in [0.05, 0.1) is 0 Å². The largest absolute Gasteiger partial charge is 0.207 e. The van der Waals surface area contributed by atoms with Crippen molar-refractivity contribution in [1.29, 1.82) is 0 Å². The molecule has 1 saturated carbocycles. The lowest BCUT2D eigenvalue weighted by atomic mass is 9.67. The Morgan fingerprint density at radius 1 is 1.12 bits per heavy atom. The Balaban J connectivity index is 2.26. The maximum absolute atomic E-state index is 13.0. The molecule has 0 saturated heterocycles. The lowest BCUT2D eigenvalue weighted by molar-refractivity contribution is 0.328. The summed E-state index contributed by atoms with van der Waals surface area (Å²) in [5, 5.41) is 0. The molecule has 1 aromatic carbocycles. The van der Waals surface area contributed by atoms with E-state index in [0.717, 1.165) is 6.42 Å². The lowest BCUT2D eigenvalue weighted by Crippen LogP contribution is -2.29. The van der Waals surface area contributed by atoms with Crippen LogP contribution in [0.1, 0.15) is 51.0 Å². The first-order chi connectivity index (χ1) is 7.77. The zero-order valence-electron chi connectivity index (χ0n) is 10.0. The maximum Gasteiger partial charge on any atom is 0.123 e. The molecule has 16 heavy (non-hydrogen) atoms. The highest BCUT2D eigenvalue weighted by atomic mass is 19.1. The van der Waals surface area contributed by atoms with Gasteiger partial charge in [0, 0.05) is 0 Å². The molecule has 1 aliphatic rings. The van der Waals surface area contributed by atoms with Crippen LogP contribution >= 0.6 is 0 Å². The molecule has 0 nitrogen and oxygen atoms in total. The minimum Gasteiger partial charge on any atom is -0.207 e. The molecular formula is C15H20F. The van der Waals surface area contributed by atoms with Gasteiger partial charge in [0.1, 0.15) is 5.82 Å². The molecule has 0 amide bonds. The molecule has 0 N–H and O–H groups in total. The summed E-state index contributed by atoms with van der Waals surface area (Å²) >= 11 is 0. The van der Waals surface area contributed by atoms with E-state index in [-0.39, 0.29) is 11.2 Å². The highest BCUT2D eigenvalue weighted by molar-refractivity contribution is 5.30. The van der Waals surface area contributed by atoms with Crippen LogP contribution in [0, 0.1) is 12.2 Å². The average molecular weight is 219 g/mol. The topological polar surface area (TPSA) is 0 Å². The smallest absolute Gasteiger partial charge is 0.123 e. The van der Waals surface area contributed by atoms with Gasteiger partial charge in [-0.1, -0.05) is 44.7 Å². The van der Waals surface area contributed by atoms with E-state index in [2.05, 4.69) is 13.3 Å². The van der Waals surface area contributed by atoms with Crippen molar-refractivity contribution >= 4 is 0 Å². The Bertz CT molecular complexity index is 314. The number of halogens is 1. The van der Waals surface area contributed by atoms with Crippen molar-refractivity contribution in [2.45, 2.75) is 50.9 Å². The normalized spacial score (nSPS) is 19.6. The molecule has 0 aromatic heterocycles. The van der Waals surface area contributed by atoms with Gasteiger partial charge in [-0.15, -0.1) is 0 Å². The minimum absolute atomic E-state index is 0.133. The molecule has 1 radical (unpaired) electrons. The Hall–Kier alpha value is -0.850. The van der Waals surface area contributed by atoms with Crippen LogP contribution in [0.4, 0.5) is 4.39 Å². The van der Waals surface area contributed by atoms with Gasteiger partial charge in [-0.2, -0.15) is 0 Å². The van der Waals surface area contributed by atoms with Crippen LogP contribution in [0.3, 0.4) is 0 Å². The van der Waals surface area contributed by atoms with E-state index in [9.17, 15) is 4.39 Å². The Morgan fingerprint density at radius 3 is 2.31 bits per heavy atom. The molecule has 0 heterocycles. The SMILES string of the molecule is CC[CH]C1(c2ccc(F)cc2)CCCCC1. The molecule has 0 unspecified atom stereocenters.